The van der Waals surface area contributed by atoms with Gasteiger partial charge >= 0.3 is 0 Å². The lowest BCUT2D eigenvalue weighted by molar-refractivity contribution is -0.0491. The second-order valence-electron chi connectivity index (χ2n) is 4.80. The normalized spacial score (nSPS) is 19.3. The fourth-order valence-corrected chi connectivity index (χ4v) is 2.23. The van der Waals surface area contributed by atoms with Gasteiger partial charge in [-0.15, -0.1) is 0 Å². The summed E-state index contributed by atoms with van der Waals surface area (Å²) in [6.45, 7) is 0. The molecule has 1 saturated carbocycles. The van der Waals surface area contributed by atoms with E-state index < -0.39 is 35.7 Å². The zero-order valence-electron chi connectivity index (χ0n) is 10.7. The third-order valence-corrected chi connectivity index (χ3v) is 3.48. The van der Waals surface area contributed by atoms with Gasteiger partial charge in [-0.25, -0.2) is 22.2 Å². The molecule has 0 aliphatic heterocycles. The minimum absolute atomic E-state index is 0.116. The van der Waals surface area contributed by atoms with Gasteiger partial charge in [0, 0.05) is 25.9 Å². The summed E-state index contributed by atoms with van der Waals surface area (Å²) >= 11 is 0. The van der Waals surface area contributed by atoms with Crippen molar-refractivity contribution in [1.82, 2.24) is 15.2 Å². The van der Waals surface area contributed by atoms with Gasteiger partial charge in [0.1, 0.15) is 0 Å². The van der Waals surface area contributed by atoms with Crippen molar-refractivity contribution in [3.63, 3.8) is 0 Å². The van der Waals surface area contributed by atoms with Crippen LogP contribution in [0.3, 0.4) is 0 Å². The van der Waals surface area contributed by atoms with Gasteiger partial charge in [0.15, 0.2) is 5.69 Å². The molecule has 2 rings (SSSR count). The molecule has 20 heavy (non-hydrogen) atoms. The Morgan fingerprint density at radius 3 is 2.50 bits per heavy atom. The van der Waals surface area contributed by atoms with E-state index in [-0.39, 0.29) is 25.7 Å². The molecule has 0 N–H and O–H groups in total. The molecule has 1 aliphatic rings. The first kappa shape index (κ1) is 14.7. The molecule has 0 aromatic carbocycles. The standard InChI is InChI=1S/C11H13F4N3O2/c1-18(6-2-4-11(14,15)5-3-6)10(19)8-7(9(12)13)16-20-17-8/h6,9H,2-5H2,1H3. The number of carbonyl (C=O) groups excluding carboxylic acids is 1. The average molecular weight is 295 g/mol. The maximum Gasteiger partial charge on any atom is 0.286 e. The maximum absolute atomic E-state index is 13.0. The van der Waals surface area contributed by atoms with Gasteiger partial charge in [-0.3, -0.25) is 4.79 Å². The summed E-state index contributed by atoms with van der Waals surface area (Å²) < 4.78 is 55.4. The zero-order chi connectivity index (χ0) is 14.9. The van der Waals surface area contributed by atoms with Crippen molar-refractivity contribution in [2.24, 2.45) is 0 Å². The zero-order valence-corrected chi connectivity index (χ0v) is 10.7. The van der Waals surface area contributed by atoms with Crippen molar-refractivity contribution in [2.75, 3.05) is 7.05 Å². The fraction of sp³-hybridized carbons (Fsp3) is 0.727. The number of amides is 1. The molecule has 0 bridgehead atoms. The first-order chi connectivity index (χ1) is 9.32. The van der Waals surface area contributed by atoms with Crippen molar-refractivity contribution < 1.29 is 27.0 Å². The van der Waals surface area contributed by atoms with Crippen LogP contribution in [0.4, 0.5) is 17.6 Å². The number of alkyl halides is 4. The predicted octanol–water partition coefficient (Wildman–Crippen LogP) is 2.66. The van der Waals surface area contributed by atoms with Gasteiger partial charge in [0.25, 0.3) is 12.3 Å². The lowest BCUT2D eigenvalue weighted by atomic mass is 9.91. The Morgan fingerprint density at radius 2 is 1.95 bits per heavy atom. The summed E-state index contributed by atoms with van der Waals surface area (Å²) in [4.78, 5) is 13.2. The van der Waals surface area contributed by atoms with Crippen LogP contribution in [0.15, 0.2) is 4.63 Å². The van der Waals surface area contributed by atoms with Crippen molar-refractivity contribution in [3.05, 3.63) is 11.4 Å². The summed E-state index contributed by atoms with van der Waals surface area (Å²) in [5.74, 6) is -3.51. The van der Waals surface area contributed by atoms with Crippen LogP contribution in [0.25, 0.3) is 0 Å². The van der Waals surface area contributed by atoms with Gasteiger partial charge in [-0.2, -0.15) is 0 Å². The highest BCUT2D eigenvalue weighted by Crippen LogP contribution is 2.35. The highest BCUT2D eigenvalue weighted by molar-refractivity contribution is 5.93. The monoisotopic (exact) mass is 295 g/mol. The van der Waals surface area contributed by atoms with Crippen LogP contribution in [-0.2, 0) is 0 Å². The van der Waals surface area contributed by atoms with Crippen molar-refractivity contribution in [2.45, 2.75) is 44.1 Å². The molecule has 0 spiro atoms. The van der Waals surface area contributed by atoms with Crippen LogP contribution in [0.5, 0.6) is 0 Å². The molecule has 1 amide bonds. The van der Waals surface area contributed by atoms with E-state index in [4.69, 9.17) is 0 Å². The van der Waals surface area contributed by atoms with E-state index in [0.29, 0.717) is 0 Å². The molecule has 5 nitrogen and oxygen atoms in total. The van der Waals surface area contributed by atoms with E-state index in [1.807, 2.05) is 0 Å². The third kappa shape index (κ3) is 2.91. The highest BCUT2D eigenvalue weighted by Gasteiger charge is 2.38. The third-order valence-electron chi connectivity index (χ3n) is 3.48. The SMILES string of the molecule is CN(C(=O)c1nonc1C(F)F)C1CCC(F)(F)CC1. The summed E-state index contributed by atoms with van der Waals surface area (Å²) in [6, 6.07) is -0.427. The van der Waals surface area contributed by atoms with Crippen LogP contribution < -0.4 is 0 Å². The number of rotatable bonds is 3. The quantitative estimate of drug-likeness (QED) is 0.804. The molecule has 0 radical (unpaired) electrons. The molecule has 1 aromatic heterocycles. The minimum Gasteiger partial charge on any atom is -0.337 e. The van der Waals surface area contributed by atoms with Crippen LogP contribution in [-0.4, -0.2) is 40.1 Å². The number of nitrogens with zero attached hydrogens (tertiary/aromatic N) is 3. The van der Waals surface area contributed by atoms with Gasteiger partial charge in [-0.05, 0) is 23.2 Å². The Balaban J connectivity index is 2.07. The molecular weight excluding hydrogens is 282 g/mol. The molecule has 0 atom stereocenters. The number of halogens is 4. The Kier molecular flexibility index (Phi) is 3.96. The molecule has 112 valence electrons. The second kappa shape index (κ2) is 5.37. The Morgan fingerprint density at radius 1 is 1.35 bits per heavy atom. The number of aromatic nitrogens is 2. The van der Waals surface area contributed by atoms with Gasteiger partial charge in [-0.1, -0.05) is 0 Å². The van der Waals surface area contributed by atoms with E-state index in [1.165, 1.54) is 7.05 Å². The lowest BCUT2D eigenvalue weighted by Crippen LogP contribution is -2.42. The summed E-state index contributed by atoms with van der Waals surface area (Å²) in [7, 11) is 1.38. The molecule has 0 unspecified atom stereocenters. The number of hydrogen-bond donors (Lipinski definition) is 0. The number of carbonyl (C=O) groups is 1. The molecule has 1 aliphatic carbocycles. The van der Waals surface area contributed by atoms with Crippen molar-refractivity contribution in [1.29, 1.82) is 0 Å². The summed E-state index contributed by atoms with van der Waals surface area (Å²) in [5, 5.41) is 6.16. The molecule has 9 heteroatoms. The van der Waals surface area contributed by atoms with Crippen LogP contribution in [0.2, 0.25) is 0 Å². The first-order valence-electron chi connectivity index (χ1n) is 6.07. The predicted molar refractivity (Wildman–Crippen MR) is 58.6 cm³/mol. The van der Waals surface area contributed by atoms with Gasteiger partial charge < -0.3 is 4.90 Å². The molecule has 1 aromatic rings. The maximum atomic E-state index is 13.0. The molecule has 1 fully saturated rings. The number of hydrogen-bond acceptors (Lipinski definition) is 4. The van der Waals surface area contributed by atoms with Crippen LogP contribution in [0.1, 0.15) is 48.3 Å². The van der Waals surface area contributed by atoms with E-state index in [1.54, 1.807) is 0 Å². The van der Waals surface area contributed by atoms with Crippen LogP contribution in [0, 0.1) is 0 Å². The fourth-order valence-electron chi connectivity index (χ4n) is 2.23. The van der Waals surface area contributed by atoms with E-state index in [2.05, 4.69) is 14.9 Å². The molecule has 1 heterocycles. The molecular formula is C11H13F4N3O2. The largest absolute Gasteiger partial charge is 0.337 e. The summed E-state index contributed by atoms with van der Waals surface area (Å²) in [6.07, 6.45) is -3.40. The van der Waals surface area contributed by atoms with E-state index >= 15 is 0 Å². The average Bonchev–Trinajstić information content (AvgIpc) is 2.86. The first-order valence-corrected chi connectivity index (χ1v) is 6.07. The van der Waals surface area contributed by atoms with Crippen molar-refractivity contribution in [3.8, 4) is 0 Å². The van der Waals surface area contributed by atoms with E-state index in [0.717, 1.165) is 4.90 Å². The Hall–Kier alpha value is -1.67. The topological polar surface area (TPSA) is 59.2 Å². The van der Waals surface area contributed by atoms with Crippen molar-refractivity contribution >= 4 is 5.91 Å². The molecule has 0 saturated heterocycles. The summed E-state index contributed by atoms with van der Waals surface area (Å²) in [5.41, 5.74) is -1.40. The smallest absolute Gasteiger partial charge is 0.286 e. The van der Waals surface area contributed by atoms with Gasteiger partial charge in [0.2, 0.25) is 11.6 Å². The van der Waals surface area contributed by atoms with E-state index in [9.17, 15) is 22.4 Å². The Bertz CT molecular complexity index is 482. The van der Waals surface area contributed by atoms with Gasteiger partial charge in [0.05, 0.1) is 0 Å². The minimum atomic E-state index is -2.98. The Labute approximate surface area is 111 Å². The van der Waals surface area contributed by atoms with Crippen LogP contribution >= 0.6 is 0 Å². The lowest BCUT2D eigenvalue weighted by Gasteiger charge is -2.34. The second-order valence-corrected chi connectivity index (χ2v) is 4.80. The highest BCUT2D eigenvalue weighted by atomic mass is 19.3.